The fourth-order valence-corrected chi connectivity index (χ4v) is 3.67. The molecule has 3 aromatic rings. The van der Waals surface area contributed by atoms with E-state index in [-0.39, 0.29) is 5.56 Å². The molecule has 0 unspecified atom stereocenters. The zero-order chi connectivity index (χ0) is 22.0. The van der Waals surface area contributed by atoms with E-state index in [9.17, 15) is 14.7 Å². The van der Waals surface area contributed by atoms with Gasteiger partial charge in [0.05, 0.1) is 12.7 Å². The van der Waals surface area contributed by atoms with Gasteiger partial charge in [0.25, 0.3) is 0 Å². The highest BCUT2D eigenvalue weighted by molar-refractivity contribution is 6.31. The summed E-state index contributed by atoms with van der Waals surface area (Å²) in [5.41, 5.74) is 4.06. The lowest BCUT2D eigenvalue weighted by Gasteiger charge is -2.17. The normalized spacial score (nSPS) is 12.0. The standard InChI is InChI=1S/C23H24ClNO5/c1-5-21(23(28)29-4)30-17-7-8-19(24)16(10-17)12-25-14(3)13(2)18-11-15(22(26)27)6-9-20(18)25/h6-11,21H,5,12H2,1-4H3,(H,26,27)/t21-/m0/s1. The molecular weight excluding hydrogens is 406 g/mol. The van der Waals surface area contributed by atoms with Gasteiger partial charge in [0.1, 0.15) is 5.75 Å². The number of rotatable bonds is 7. The van der Waals surface area contributed by atoms with Crippen molar-refractivity contribution in [1.29, 1.82) is 0 Å². The molecule has 0 bridgehead atoms. The predicted octanol–water partition coefficient (Wildman–Crippen LogP) is 4.99. The first-order valence-corrected chi connectivity index (χ1v) is 10.00. The Morgan fingerprint density at radius 1 is 1.17 bits per heavy atom. The summed E-state index contributed by atoms with van der Waals surface area (Å²) in [7, 11) is 1.33. The minimum atomic E-state index is -0.953. The largest absolute Gasteiger partial charge is 0.479 e. The van der Waals surface area contributed by atoms with Crippen LogP contribution in [0.25, 0.3) is 10.9 Å². The van der Waals surface area contributed by atoms with Crippen LogP contribution in [0, 0.1) is 13.8 Å². The Hall–Kier alpha value is -2.99. The lowest BCUT2D eigenvalue weighted by atomic mass is 10.1. The maximum atomic E-state index is 11.8. The first kappa shape index (κ1) is 21.7. The van der Waals surface area contributed by atoms with Crippen LogP contribution in [0.5, 0.6) is 5.75 Å². The first-order valence-electron chi connectivity index (χ1n) is 9.62. The average molecular weight is 430 g/mol. The number of aromatic nitrogens is 1. The number of aryl methyl sites for hydroxylation is 1. The molecule has 0 spiro atoms. The number of esters is 1. The maximum Gasteiger partial charge on any atom is 0.347 e. The van der Waals surface area contributed by atoms with E-state index in [0.29, 0.717) is 23.7 Å². The summed E-state index contributed by atoms with van der Waals surface area (Å²) in [6.07, 6.45) is -0.202. The second kappa shape index (κ2) is 8.79. The highest BCUT2D eigenvalue weighted by atomic mass is 35.5. The Bertz CT molecular complexity index is 1120. The number of carboxylic acids is 1. The van der Waals surface area contributed by atoms with Crippen molar-refractivity contribution in [3.05, 3.63) is 63.8 Å². The Morgan fingerprint density at radius 3 is 2.53 bits per heavy atom. The van der Waals surface area contributed by atoms with Gasteiger partial charge < -0.3 is 19.1 Å². The van der Waals surface area contributed by atoms with Crippen LogP contribution >= 0.6 is 11.6 Å². The molecule has 7 heteroatoms. The third-order valence-electron chi connectivity index (χ3n) is 5.34. The van der Waals surface area contributed by atoms with E-state index in [0.717, 1.165) is 27.7 Å². The molecule has 1 atom stereocenters. The molecule has 0 radical (unpaired) electrons. The summed E-state index contributed by atoms with van der Waals surface area (Å²) < 4.78 is 12.7. The highest BCUT2D eigenvalue weighted by Gasteiger charge is 2.20. The fourth-order valence-electron chi connectivity index (χ4n) is 3.50. The number of ether oxygens (including phenoxy) is 2. The average Bonchev–Trinajstić information content (AvgIpc) is 2.97. The number of carboxylic acid groups (broad SMARTS) is 1. The minimum absolute atomic E-state index is 0.254. The minimum Gasteiger partial charge on any atom is -0.479 e. The number of halogens is 1. The molecule has 0 amide bonds. The molecule has 0 aliphatic heterocycles. The number of carbonyl (C=O) groups excluding carboxylic acids is 1. The van der Waals surface area contributed by atoms with Crippen molar-refractivity contribution in [2.45, 2.75) is 39.8 Å². The molecule has 158 valence electrons. The Kier molecular flexibility index (Phi) is 6.37. The molecule has 0 aliphatic carbocycles. The van der Waals surface area contributed by atoms with Crippen molar-refractivity contribution in [3.63, 3.8) is 0 Å². The second-order valence-electron chi connectivity index (χ2n) is 7.12. The molecule has 3 rings (SSSR count). The number of nitrogens with zero attached hydrogens (tertiary/aromatic N) is 1. The number of hydrogen-bond donors (Lipinski definition) is 1. The van der Waals surface area contributed by atoms with Crippen LogP contribution in [0.2, 0.25) is 5.02 Å². The van der Waals surface area contributed by atoms with E-state index in [1.165, 1.54) is 7.11 Å². The van der Waals surface area contributed by atoms with Crippen molar-refractivity contribution in [2.24, 2.45) is 0 Å². The van der Waals surface area contributed by atoms with Gasteiger partial charge in [-0.3, -0.25) is 0 Å². The quantitative estimate of drug-likeness (QED) is 0.535. The molecule has 1 heterocycles. The molecule has 6 nitrogen and oxygen atoms in total. The van der Waals surface area contributed by atoms with Gasteiger partial charge in [-0.1, -0.05) is 18.5 Å². The van der Waals surface area contributed by atoms with Gasteiger partial charge in [-0.05, 0) is 67.8 Å². The second-order valence-corrected chi connectivity index (χ2v) is 7.53. The Balaban J connectivity index is 1.98. The molecule has 30 heavy (non-hydrogen) atoms. The maximum absolute atomic E-state index is 11.8. The summed E-state index contributed by atoms with van der Waals surface area (Å²) >= 11 is 6.45. The summed E-state index contributed by atoms with van der Waals surface area (Å²) in [5, 5.41) is 10.8. The van der Waals surface area contributed by atoms with Crippen LogP contribution in [0.3, 0.4) is 0 Å². The van der Waals surface area contributed by atoms with Gasteiger partial charge in [-0.25, -0.2) is 9.59 Å². The molecule has 0 aliphatic rings. The van der Waals surface area contributed by atoms with Crippen molar-refractivity contribution < 1.29 is 24.2 Å². The lowest BCUT2D eigenvalue weighted by Crippen LogP contribution is -2.27. The third-order valence-corrected chi connectivity index (χ3v) is 5.71. The molecule has 2 aromatic carbocycles. The number of carbonyl (C=O) groups is 2. The van der Waals surface area contributed by atoms with E-state index in [1.54, 1.807) is 24.3 Å². The first-order chi connectivity index (χ1) is 14.3. The van der Waals surface area contributed by atoms with Crippen LogP contribution < -0.4 is 4.74 Å². The van der Waals surface area contributed by atoms with Gasteiger partial charge >= 0.3 is 11.9 Å². The monoisotopic (exact) mass is 429 g/mol. The molecule has 0 fully saturated rings. The van der Waals surface area contributed by atoms with E-state index >= 15 is 0 Å². The smallest absolute Gasteiger partial charge is 0.347 e. The number of aromatic carboxylic acids is 1. The number of benzene rings is 2. The SMILES string of the molecule is CC[C@H](Oc1ccc(Cl)c(Cn2c(C)c(C)c3cc(C(=O)O)ccc32)c1)C(=O)OC. The van der Waals surface area contributed by atoms with Crippen molar-refractivity contribution in [1.82, 2.24) is 4.57 Å². The van der Waals surface area contributed by atoms with Gasteiger partial charge in [-0.2, -0.15) is 0 Å². The number of hydrogen-bond acceptors (Lipinski definition) is 4. The zero-order valence-electron chi connectivity index (χ0n) is 17.4. The van der Waals surface area contributed by atoms with E-state index in [4.69, 9.17) is 21.1 Å². The lowest BCUT2D eigenvalue weighted by molar-refractivity contribution is -0.148. The van der Waals surface area contributed by atoms with Gasteiger partial charge in [0.2, 0.25) is 0 Å². The van der Waals surface area contributed by atoms with Crippen molar-refractivity contribution in [3.8, 4) is 5.75 Å². The summed E-state index contributed by atoms with van der Waals surface area (Å²) in [6.45, 7) is 6.30. The van der Waals surface area contributed by atoms with Gasteiger partial charge in [-0.15, -0.1) is 0 Å². The van der Waals surface area contributed by atoms with Crippen molar-refractivity contribution >= 4 is 34.4 Å². The van der Waals surface area contributed by atoms with E-state index in [1.807, 2.05) is 32.9 Å². The third kappa shape index (κ3) is 4.14. The topological polar surface area (TPSA) is 77.8 Å². The highest BCUT2D eigenvalue weighted by Crippen LogP contribution is 2.30. The number of methoxy groups -OCH3 is 1. The molecule has 0 saturated heterocycles. The molecule has 1 N–H and O–H groups in total. The molecular formula is C23H24ClNO5. The summed E-state index contributed by atoms with van der Waals surface area (Å²) in [6, 6.07) is 10.4. The van der Waals surface area contributed by atoms with Crippen LogP contribution in [0.1, 0.15) is 40.5 Å². The Labute approximate surface area is 180 Å². The summed E-state index contributed by atoms with van der Waals surface area (Å²) in [5.74, 6) is -0.845. The fraction of sp³-hybridized carbons (Fsp3) is 0.304. The van der Waals surface area contributed by atoms with Crippen LogP contribution in [0.4, 0.5) is 0 Å². The van der Waals surface area contributed by atoms with Crippen LogP contribution in [-0.2, 0) is 16.1 Å². The van der Waals surface area contributed by atoms with Gasteiger partial charge in [0, 0.05) is 28.2 Å². The van der Waals surface area contributed by atoms with Crippen LogP contribution in [-0.4, -0.2) is 34.8 Å². The summed E-state index contributed by atoms with van der Waals surface area (Å²) in [4.78, 5) is 23.2. The van der Waals surface area contributed by atoms with Crippen molar-refractivity contribution in [2.75, 3.05) is 7.11 Å². The number of fused-ring (bicyclic) bond motifs is 1. The van der Waals surface area contributed by atoms with E-state index in [2.05, 4.69) is 4.57 Å². The zero-order valence-corrected chi connectivity index (χ0v) is 18.1. The predicted molar refractivity (Wildman–Crippen MR) is 116 cm³/mol. The van der Waals surface area contributed by atoms with Gasteiger partial charge in [0.15, 0.2) is 6.10 Å². The molecule has 0 saturated carbocycles. The Morgan fingerprint density at radius 2 is 1.90 bits per heavy atom. The van der Waals surface area contributed by atoms with Crippen LogP contribution in [0.15, 0.2) is 36.4 Å². The van der Waals surface area contributed by atoms with E-state index < -0.39 is 18.0 Å². The molecule has 1 aromatic heterocycles.